The fourth-order valence-corrected chi connectivity index (χ4v) is 4.58. The van der Waals surface area contributed by atoms with E-state index in [0.29, 0.717) is 32.8 Å². The van der Waals surface area contributed by atoms with Gasteiger partial charge in [-0.25, -0.2) is 0 Å². The number of β-amino-alcohol motifs (C(OH)–C–C–N with tert-alkyl or cyclic N) is 1. The van der Waals surface area contributed by atoms with Crippen LogP contribution in [0, 0.1) is 13.8 Å². The van der Waals surface area contributed by atoms with Crippen LogP contribution in [0.5, 0.6) is 5.75 Å². The van der Waals surface area contributed by atoms with Crippen molar-refractivity contribution in [2.24, 2.45) is 0 Å². The van der Waals surface area contributed by atoms with E-state index in [1.165, 1.54) is 22.3 Å². The Morgan fingerprint density at radius 3 is 2.58 bits per heavy atom. The highest BCUT2D eigenvalue weighted by molar-refractivity contribution is 5.73. The van der Waals surface area contributed by atoms with Crippen molar-refractivity contribution in [1.29, 1.82) is 0 Å². The topological polar surface area (TPSA) is 68.2 Å². The van der Waals surface area contributed by atoms with Crippen LogP contribution in [-0.4, -0.2) is 61.5 Å². The van der Waals surface area contributed by atoms with Crippen molar-refractivity contribution in [1.82, 2.24) is 4.90 Å². The monoisotopic (exact) mass is 455 g/mol. The second-order valence-electron chi connectivity index (χ2n) is 8.89. The number of carbonyl (C=O) groups excluding carboxylic acids is 1. The zero-order valence-electron chi connectivity index (χ0n) is 20.4. The van der Waals surface area contributed by atoms with Crippen molar-refractivity contribution in [3.05, 3.63) is 53.1 Å². The molecular formula is C27H37NO5. The Kier molecular flexibility index (Phi) is 8.89. The number of hydrogen-bond acceptors (Lipinski definition) is 6. The molecule has 2 aromatic rings. The van der Waals surface area contributed by atoms with E-state index in [4.69, 9.17) is 14.2 Å². The molecule has 1 fully saturated rings. The zero-order valence-corrected chi connectivity index (χ0v) is 20.4. The molecule has 1 heterocycles. The molecule has 0 saturated carbocycles. The lowest BCUT2D eigenvalue weighted by Crippen LogP contribution is -2.36. The van der Waals surface area contributed by atoms with E-state index in [1.807, 2.05) is 12.1 Å². The minimum Gasteiger partial charge on any atom is -0.493 e. The van der Waals surface area contributed by atoms with E-state index in [1.54, 1.807) is 14.0 Å². The molecule has 0 bridgehead atoms. The van der Waals surface area contributed by atoms with Gasteiger partial charge >= 0.3 is 5.97 Å². The lowest BCUT2D eigenvalue weighted by molar-refractivity contribution is -0.148. The van der Waals surface area contributed by atoms with Crippen molar-refractivity contribution in [3.63, 3.8) is 0 Å². The largest absolute Gasteiger partial charge is 0.493 e. The quantitative estimate of drug-likeness (QED) is 0.403. The molecule has 6 heteroatoms. The highest BCUT2D eigenvalue weighted by Gasteiger charge is 2.38. The van der Waals surface area contributed by atoms with Gasteiger partial charge < -0.3 is 24.2 Å². The summed E-state index contributed by atoms with van der Waals surface area (Å²) in [6, 6.07) is 12.5. The van der Waals surface area contributed by atoms with E-state index in [0.717, 1.165) is 30.8 Å². The van der Waals surface area contributed by atoms with Crippen molar-refractivity contribution in [3.8, 4) is 16.9 Å². The van der Waals surface area contributed by atoms with Gasteiger partial charge in [-0.2, -0.15) is 0 Å². The number of ether oxygens (including phenoxy) is 3. The Balaban J connectivity index is 1.54. The van der Waals surface area contributed by atoms with Crippen LogP contribution in [0.4, 0.5) is 0 Å². The SMILES string of the molecule is CCOC(=O)CC1(O)CCN(CCCOc2cccc(-c3cccc(COC)c3C)c2C)C1. The van der Waals surface area contributed by atoms with E-state index in [9.17, 15) is 9.90 Å². The van der Waals surface area contributed by atoms with Gasteiger partial charge in [-0.15, -0.1) is 0 Å². The van der Waals surface area contributed by atoms with Gasteiger partial charge in [-0.3, -0.25) is 4.79 Å². The average Bonchev–Trinajstić information content (AvgIpc) is 3.14. The number of rotatable bonds is 11. The van der Waals surface area contributed by atoms with Crippen molar-refractivity contribution in [2.75, 3.05) is 40.0 Å². The Hall–Kier alpha value is -2.41. The third-order valence-corrected chi connectivity index (χ3v) is 6.39. The number of methoxy groups -OCH3 is 1. The Bertz CT molecular complexity index is 944. The number of esters is 1. The smallest absolute Gasteiger partial charge is 0.308 e. The van der Waals surface area contributed by atoms with Crippen LogP contribution in [-0.2, 0) is 20.9 Å². The zero-order chi connectivity index (χ0) is 23.8. The number of nitrogens with zero attached hydrogens (tertiary/aromatic N) is 1. The predicted octanol–water partition coefficient (Wildman–Crippen LogP) is 4.28. The summed E-state index contributed by atoms with van der Waals surface area (Å²) in [5.74, 6) is 0.563. The molecule has 0 aromatic heterocycles. The molecule has 3 rings (SSSR count). The molecule has 6 nitrogen and oxygen atoms in total. The Morgan fingerprint density at radius 2 is 1.85 bits per heavy atom. The number of carbonyl (C=O) groups is 1. The first-order valence-electron chi connectivity index (χ1n) is 11.8. The number of likely N-dealkylation sites (tertiary alicyclic amines) is 1. The fraction of sp³-hybridized carbons (Fsp3) is 0.519. The van der Waals surface area contributed by atoms with Gasteiger partial charge in [0.1, 0.15) is 5.75 Å². The van der Waals surface area contributed by atoms with Crippen LogP contribution in [0.25, 0.3) is 11.1 Å². The van der Waals surface area contributed by atoms with E-state index < -0.39 is 5.60 Å². The summed E-state index contributed by atoms with van der Waals surface area (Å²) in [4.78, 5) is 13.9. The highest BCUT2D eigenvalue weighted by atomic mass is 16.5. The predicted molar refractivity (Wildman–Crippen MR) is 129 cm³/mol. The number of aliphatic hydroxyl groups is 1. The van der Waals surface area contributed by atoms with Gasteiger partial charge in [0.05, 0.1) is 31.8 Å². The molecule has 1 unspecified atom stereocenters. The molecule has 1 aliphatic rings. The minimum absolute atomic E-state index is 0.0603. The van der Waals surface area contributed by atoms with Gasteiger partial charge in [0.15, 0.2) is 0 Å². The molecule has 1 saturated heterocycles. The second kappa shape index (κ2) is 11.6. The lowest BCUT2D eigenvalue weighted by Gasteiger charge is -2.22. The lowest BCUT2D eigenvalue weighted by atomic mass is 9.93. The number of benzene rings is 2. The van der Waals surface area contributed by atoms with Crippen molar-refractivity contribution in [2.45, 2.75) is 52.2 Å². The molecule has 0 radical (unpaired) electrons. The van der Waals surface area contributed by atoms with Crippen LogP contribution in [0.1, 0.15) is 42.9 Å². The molecule has 1 atom stereocenters. The third kappa shape index (κ3) is 6.56. The molecule has 1 N–H and O–H groups in total. The van der Waals surface area contributed by atoms with Gasteiger partial charge in [-0.1, -0.05) is 30.3 Å². The molecule has 0 amide bonds. The first-order valence-corrected chi connectivity index (χ1v) is 11.8. The Morgan fingerprint density at radius 1 is 1.12 bits per heavy atom. The maximum absolute atomic E-state index is 11.7. The Labute approximate surface area is 197 Å². The summed E-state index contributed by atoms with van der Waals surface area (Å²) < 4.78 is 16.5. The van der Waals surface area contributed by atoms with Gasteiger partial charge in [0.2, 0.25) is 0 Å². The van der Waals surface area contributed by atoms with E-state index >= 15 is 0 Å². The summed E-state index contributed by atoms with van der Waals surface area (Å²) >= 11 is 0. The minimum atomic E-state index is -0.979. The maximum atomic E-state index is 11.7. The summed E-state index contributed by atoms with van der Waals surface area (Å²) in [5, 5.41) is 10.7. The molecule has 1 aliphatic heterocycles. The number of hydrogen-bond donors (Lipinski definition) is 1. The summed E-state index contributed by atoms with van der Waals surface area (Å²) in [7, 11) is 1.72. The standard InChI is InChI=1S/C27H37NO5/c1-5-32-26(29)17-27(30)13-15-28(19-27)14-8-16-33-25-12-7-11-24(21(25)3)23-10-6-9-22(18-31-4)20(23)2/h6-7,9-12,30H,5,8,13-19H2,1-4H3. The van der Waals surface area contributed by atoms with Crippen LogP contribution in [0.15, 0.2) is 36.4 Å². The van der Waals surface area contributed by atoms with Crippen LogP contribution < -0.4 is 4.74 Å². The highest BCUT2D eigenvalue weighted by Crippen LogP contribution is 2.33. The maximum Gasteiger partial charge on any atom is 0.308 e. The summed E-state index contributed by atoms with van der Waals surface area (Å²) in [6.07, 6.45) is 1.50. The summed E-state index contributed by atoms with van der Waals surface area (Å²) in [6.45, 7) is 9.65. The van der Waals surface area contributed by atoms with E-state index in [2.05, 4.69) is 43.0 Å². The fourth-order valence-electron chi connectivity index (χ4n) is 4.58. The normalized spacial score (nSPS) is 18.5. The molecule has 0 aliphatic carbocycles. The summed E-state index contributed by atoms with van der Waals surface area (Å²) in [5.41, 5.74) is 4.93. The second-order valence-corrected chi connectivity index (χ2v) is 8.89. The van der Waals surface area contributed by atoms with Gasteiger partial charge in [-0.05, 0) is 67.5 Å². The molecule has 0 spiro atoms. The van der Waals surface area contributed by atoms with Crippen LogP contribution in [0.3, 0.4) is 0 Å². The van der Waals surface area contributed by atoms with Crippen molar-refractivity contribution >= 4 is 5.97 Å². The first-order chi connectivity index (χ1) is 15.9. The van der Waals surface area contributed by atoms with Gasteiger partial charge in [0, 0.05) is 26.7 Å². The molecule has 33 heavy (non-hydrogen) atoms. The van der Waals surface area contributed by atoms with Crippen molar-refractivity contribution < 1.29 is 24.1 Å². The van der Waals surface area contributed by atoms with E-state index in [-0.39, 0.29) is 12.4 Å². The first kappa shape index (κ1) is 25.2. The third-order valence-electron chi connectivity index (χ3n) is 6.39. The van der Waals surface area contributed by atoms with Crippen LogP contribution in [0.2, 0.25) is 0 Å². The molecule has 180 valence electrons. The average molecular weight is 456 g/mol. The van der Waals surface area contributed by atoms with Gasteiger partial charge in [0.25, 0.3) is 0 Å². The molecule has 2 aromatic carbocycles. The van der Waals surface area contributed by atoms with Crippen LogP contribution >= 0.6 is 0 Å². The molecular weight excluding hydrogens is 418 g/mol.